The molecule has 27 heavy (non-hydrogen) atoms. The molecule has 3 heterocycles. The number of nitrogens with one attached hydrogen (secondary N) is 1. The molecule has 1 atom stereocenters. The van der Waals surface area contributed by atoms with Crippen molar-refractivity contribution in [1.82, 2.24) is 14.9 Å². The zero-order valence-corrected chi connectivity index (χ0v) is 16.4. The molecule has 2 aliphatic rings. The van der Waals surface area contributed by atoms with Gasteiger partial charge in [0.15, 0.2) is 0 Å². The Balaban J connectivity index is 1.35. The highest BCUT2D eigenvalue weighted by Crippen LogP contribution is 2.36. The van der Waals surface area contributed by atoms with E-state index >= 15 is 0 Å². The van der Waals surface area contributed by atoms with E-state index in [1.54, 1.807) is 12.4 Å². The number of hydrogen-bond donors (Lipinski definition) is 1. The first-order valence-electron chi connectivity index (χ1n) is 10.1. The number of aryl methyl sites for hydroxylation is 2. The maximum atomic E-state index is 6.31. The molecule has 5 heteroatoms. The van der Waals surface area contributed by atoms with Crippen LogP contribution in [0.25, 0.3) is 0 Å². The van der Waals surface area contributed by atoms with Gasteiger partial charge in [-0.05, 0) is 62.3 Å². The highest BCUT2D eigenvalue weighted by atomic mass is 16.5. The van der Waals surface area contributed by atoms with Crippen LogP contribution in [0.4, 0.5) is 5.95 Å². The van der Waals surface area contributed by atoms with Gasteiger partial charge in [-0.15, -0.1) is 0 Å². The molecule has 5 nitrogen and oxygen atoms in total. The SMILES string of the molecule is Cc1cccc(C)c1CN1CCC2(CC1)CC(Nc1ncccn1)CCO2. The van der Waals surface area contributed by atoms with Crippen molar-refractivity contribution in [3.8, 4) is 0 Å². The lowest BCUT2D eigenvalue weighted by Crippen LogP contribution is -2.51. The van der Waals surface area contributed by atoms with Gasteiger partial charge in [-0.1, -0.05) is 18.2 Å². The van der Waals surface area contributed by atoms with E-state index in [9.17, 15) is 0 Å². The van der Waals surface area contributed by atoms with Crippen molar-refractivity contribution in [2.75, 3.05) is 25.0 Å². The Hall–Kier alpha value is -1.98. The zero-order valence-electron chi connectivity index (χ0n) is 16.4. The van der Waals surface area contributed by atoms with E-state index in [1.165, 1.54) is 16.7 Å². The van der Waals surface area contributed by atoms with Gasteiger partial charge in [0, 0.05) is 44.7 Å². The molecule has 0 radical (unpaired) electrons. The van der Waals surface area contributed by atoms with Gasteiger partial charge >= 0.3 is 0 Å². The summed E-state index contributed by atoms with van der Waals surface area (Å²) in [5, 5.41) is 3.50. The van der Waals surface area contributed by atoms with Crippen molar-refractivity contribution in [3.05, 3.63) is 53.3 Å². The Kier molecular flexibility index (Phi) is 5.41. The summed E-state index contributed by atoms with van der Waals surface area (Å²) < 4.78 is 6.31. The van der Waals surface area contributed by atoms with E-state index < -0.39 is 0 Å². The number of ether oxygens (including phenoxy) is 1. The van der Waals surface area contributed by atoms with Crippen molar-refractivity contribution in [2.45, 2.75) is 57.7 Å². The summed E-state index contributed by atoms with van der Waals surface area (Å²) in [6.45, 7) is 8.51. The second-order valence-corrected chi connectivity index (χ2v) is 8.08. The summed E-state index contributed by atoms with van der Waals surface area (Å²) in [5.41, 5.74) is 4.30. The summed E-state index contributed by atoms with van der Waals surface area (Å²) in [7, 11) is 0. The van der Waals surface area contributed by atoms with E-state index in [0.717, 1.165) is 57.9 Å². The third-order valence-electron chi connectivity index (χ3n) is 6.19. The first-order valence-corrected chi connectivity index (χ1v) is 10.1. The maximum absolute atomic E-state index is 6.31. The number of piperidine rings is 1. The number of nitrogens with zero attached hydrogens (tertiary/aromatic N) is 3. The average Bonchev–Trinajstić information content (AvgIpc) is 2.68. The molecule has 0 bridgehead atoms. The Labute approximate surface area is 162 Å². The fraction of sp³-hybridized carbons (Fsp3) is 0.545. The van der Waals surface area contributed by atoms with Crippen molar-refractivity contribution in [3.63, 3.8) is 0 Å². The zero-order chi connectivity index (χ0) is 18.7. The molecule has 2 aliphatic heterocycles. The summed E-state index contributed by atoms with van der Waals surface area (Å²) >= 11 is 0. The minimum absolute atomic E-state index is 0.0158. The molecule has 2 fully saturated rings. The molecular weight excluding hydrogens is 336 g/mol. The van der Waals surface area contributed by atoms with E-state index in [1.807, 2.05) is 6.07 Å². The third-order valence-corrected chi connectivity index (χ3v) is 6.19. The van der Waals surface area contributed by atoms with Crippen LogP contribution in [-0.4, -0.2) is 46.2 Å². The van der Waals surface area contributed by atoms with Gasteiger partial charge in [0.1, 0.15) is 0 Å². The van der Waals surface area contributed by atoms with Gasteiger partial charge in [-0.2, -0.15) is 0 Å². The first kappa shape index (κ1) is 18.4. The van der Waals surface area contributed by atoms with Crippen LogP contribution in [0.15, 0.2) is 36.7 Å². The van der Waals surface area contributed by atoms with E-state index in [0.29, 0.717) is 6.04 Å². The fourth-order valence-corrected chi connectivity index (χ4v) is 4.50. The van der Waals surface area contributed by atoms with Gasteiger partial charge in [-0.3, -0.25) is 4.90 Å². The van der Waals surface area contributed by atoms with Crippen molar-refractivity contribution in [2.24, 2.45) is 0 Å². The van der Waals surface area contributed by atoms with E-state index in [2.05, 4.69) is 52.2 Å². The van der Waals surface area contributed by atoms with Crippen LogP contribution in [0.1, 0.15) is 42.4 Å². The number of rotatable bonds is 4. The smallest absolute Gasteiger partial charge is 0.222 e. The molecule has 1 aromatic heterocycles. The normalized spacial score (nSPS) is 22.7. The molecule has 144 valence electrons. The molecule has 2 saturated heterocycles. The topological polar surface area (TPSA) is 50.3 Å². The molecule has 0 saturated carbocycles. The summed E-state index contributed by atoms with van der Waals surface area (Å²) in [5.74, 6) is 0.729. The highest BCUT2D eigenvalue weighted by Gasteiger charge is 2.40. The minimum atomic E-state index is 0.0158. The van der Waals surface area contributed by atoms with Crippen molar-refractivity contribution in [1.29, 1.82) is 0 Å². The summed E-state index contributed by atoms with van der Waals surface area (Å²) in [6, 6.07) is 8.84. The van der Waals surface area contributed by atoms with Gasteiger partial charge < -0.3 is 10.1 Å². The van der Waals surface area contributed by atoms with Gasteiger partial charge in [0.05, 0.1) is 5.60 Å². The summed E-state index contributed by atoms with van der Waals surface area (Å²) in [6.07, 6.45) is 7.85. The predicted molar refractivity (Wildman–Crippen MR) is 108 cm³/mol. The number of benzene rings is 1. The quantitative estimate of drug-likeness (QED) is 0.894. The van der Waals surface area contributed by atoms with Crippen LogP contribution < -0.4 is 5.32 Å². The molecule has 2 aromatic rings. The van der Waals surface area contributed by atoms with Crippen molar-refractivity contribution >= 4 is 5.95 Å². The molecule has 0 amide bonds. The molecule has 0 aliphatic carbocycles. The summed E-state index contributed by atoms with van der Waals surface area (Å²) in [4.78, 5) is 11.2. The lowest BCUT2D eigenvalue weighted by Gasteiger charge is -2.46. The van der Waals surface area contributed by atoms with E-state index in [4.69, 9.17) is 4.74 Å². The Morgan fingerprint density at radius 3 is 2.52 bits per heavy atom. The molecule has 1 unspecified atom stereocenters. The predicted octanol–water partition coefficient (Wildman–Crippen LogP) is 3.72. The second-order valence-electron chi connectivity index (χ2n) is 8.08. The van der Waals surface area contributed by atoms with Crippen LogP contribution in [0.3, 0.4) is 0 Å². The van der Waals surface area contributed by atoms with Crippen molar-refractivity contribution < 1.29 is 4.74 Å². The van der Waals surface area contributed by atoms with Gasteiger partial charge in [-0.25, -0.2) is 9.97 Å². The molecule has 1 spiro atoms. The number of hydrogen-bond acceptors (Lipinski definition) is 5. The monoisotopic (exact) mass is 366 g/mol. The number of aromatic nitrogens is 2. The third kappa shape index (κ3) is 4.30. The standard InChI is InChI=1S/C22H30N4O/c1-17-5-3-6-18(2)20(17)16-26-12-8-22(9-13-26)15-19(7-14-27-22)25-21-23-10-4-11-24-21/h3-6,10-11,19H,7-9,12-16H2,1-2H3,(H,23,24,25). The average molecular weight is 367 g/mol. The maximum Gasteiger partial charge on any atom is 0.222 e. The molecule has 4 rings (SSSR count). The van der Waals surface area contributed by atoms with Crippen LogP contribution in [0.5, 0.6) is 0 Å². The van der Waals surface area contributed by atoms with Gasteiger partial charge in [0.25, 0.3) is 0 Å². The van der Waals surface area contributed by atoms with Gasteiger partial charge in [0.2, 0.25) is 5.95 Å². The fourth-order valence-electron chi connectivity index (χ4n) is 4.50. The van der Waals surface area contributed by atoms with E-state index in [-0.39, 0.29) is 5.60 Å². The lowest BCUT2D eigenvalue weighted by atomic mass is 9.82. The Morgan fingerprint density at radius 2 is 1.81 bits per heavy atom. The molecular formula is C22H30N4O. The Morgan fingerprint density at radius 1 is 1.11 bits per heavy atom. The number of likely N-dealkylation sites (tertiary alicyclic amines) is 1. The van der Waals surface area contributed by atoms with Crippen LogP contribution in [0.2, 0.25) is 0 Å². The Bertz CT molecular complexity index is 736. The van der Waals surface area contributed by atoms with Crippen LogP contribution >= 0.6 is 0 Å². The first-order chi connectivity index (χ1) is 13.1. The largest absolute Gasteiger partial charge is 0.375 e. The van der Waals surface area contributed by atoms with Crippen LogP contribution in [-0.2, 0) is 11.3 Å². The van der Waals surface area contributed by atoms with Crippen LogP contribution in [0, 0.1) is 13.8 Å². The second kappa shape index (κ2) is 7.95. The number of anilines is 1. The minimum Gasteiger partial charge on any atom is -0.375 e. The molecule has 1 N–H and O–H groups in total. The lowest BCUT2D eigenvalue weighted by molar-refractivity contribution is -0.115. The highest BCUT2D eigenvalue weighted by molar-refractivity contribution is 5.33. The molecule has 1 aromatic carbocycles.